The first-order valence-electron chi connectivity index (χ1n) is 9.59. The number of ether oxygens (including phenoxy) is 2. The molecule has 0 radical (unpaired) electrons. The predicted molar refractivity (Wildman–Crippen MR) is 113 cm³/mol. The first-order valence-corrected chi connectivity index (χ1v) is 10.3. The first-order chi connectivity index (χ1) is 13.7. The number of carbonyl (C=O) groups excluding carboxylic acids is 3. The van der Waals surface area contributed by atoms with E-state index >= 15 is 0 Å². The van der Waals surface area contributed by atoms with Gasteiger partial charge in [-0.15, -0.1) is 0 Å². The van der Waals surface area contributed by atoms with Gasteiger partial charge in [-0.25, -0.2) is 4.79 Å². The molecule has 158 valence electrons. The van der Waals surface area contributed by atoms with Crippen molar-refractivity contribution in [1.29, 1.82) is 0 Å². The second kappa shape index (κ2) is 10.1. The van der Waals surface area contributed by atoms with Crippen molar-refractivity contribution in [2.75, 3.05) is 18.1 Å². The Labute approximate surface area is 180 Å². The molecule has 1 aliphatic rings. The molecular weight excluding hydrogens is 417 g/mol. The number of allylic oxidation sites excluding steroid dienone is 1. The van der Waals surface area contributed by atoms with Gasteiger partial charge in [0.25, 0.3) is 0 Å². The quantitative estimate of drug-likeness (QED) is 0.167. The molecule has 0 bridgehead atoms. The van der Waals surface area contributed by atoms with Crippen LogP contribution in [0.5, 0.6) is 0 Å². The number of anilines is 1. The van der Waals surface area contributed by atoms with Crippen molar-refractivity contribution < 1.29 is 23.9 Å². The third kappa shape index (κ3) is 5.52. The lowest BCUT2D eigenvalue weighted by molar-refractivity contribution is -0.116. The largest absolute Gasteiger partial charge is 0.501 e. The number of Topliss-reactive ketones (excluding diaryl/α,β-unsaturated/α-hetero) is 2. The lowest BCUT2D eigenvalue weighted by Gasteiger charge is -2.25. The second-order valence-corrected chi connectivity index (χ2v) is 7.67. The summed E-state index contributed by atoms with van der Waals surface area (Å²) < 4.78 is 10.5. The number of amides is 1. The van der Waals surface area contributed by atoms with E-state index in [1.165, 1.54) is 23.3 Å². The van der Waals surface area contributed by atoms with E-state index in [9.17, 15) is 14.4 Å². The molecule has 29 heavy (non-hydrogen) atoms. The molecule has 1 aromatic carbocycles. The van der Waals surface area contributed by atoms with Gasteiger partial charge in [-0.3, -0.25) is 14.5 Å². The number of nitrogens with zero attached hydrogens (tertiary/aromatic N) is 1. The number of hydrogen-bond donors (Lipinski definition) is 0. The minimum atomic E-state index is -0.662. The molecule has 0 unspecified atom stereocenters. The standard InChI is InChI=1S/C21H25Cl2NO5/c1-5-24(21(27)29-12(3)4)18-14(9-10-16(22)17(18)23)20(26)15(11-28-6-2)19(25)13-7-8-13/h9-13H,5-8H2,1-4H3. The van der Waals surface area contributed by atoms with E-state index in [0.29, 0.717) is 6.61 Å². The molecule has 1 fully saturated rings. The molecule has 2 rings (SSSR count). The zero-order valence-electron chi connectivity index (χ0n) is 17.0. The summed E-state index contributed by atoms with van der Waals surface area (Å²) in [7, 11) is 0. The van der Waals surface area contributed by atoms with Crippen molar-refractivity contribution in [2.45, 2.75) is 46.6 Å². The van der Waals surface area contributed by atoms with Crippen LogP contribution in [0.25, 0.3) is 0 Å². The molecular formula is C21H25Cl2NO5. The average molecular weight is 442 g/mol. The highest BCUT2D eigenvalue weighted by atomic mass is 35.5. The molecule has 8 heteroatoms. The van der Waals surface area contributed by atoms with Crippen molar-refractivity contribution in [3.05, 3.63) is 39.6 Å². The maximum Gasteiger partial charge on any atom is 0.414 e. The highest BCUT2D eigenvalue weighted by Gasteiger charge is 2.37. The number of ketones is 2. The van der Waals surface area contributed by atoms with Crippen LogP contribution in [0.3, 0.4) is 0 Å². The Morgan fingerprint density at radius 1 is 1.21 bits per heavy atom. The highest BCUT2D eigenvalue weighted by molar-refractivity contribution is 6.45. The van der Waals surface area contributed by atoms with Crippen molar-refractivity contribution in [1.82, 2.24) is 0 Å². The smallest absolute Gasteiger partial charge is 0.414 e. The zero-order valence-corrected chi connectivity index (χ0v) is 18.5. The minimum absolute atomic E-state index is 0.0368. The topological polar surface area (TPSA) is 72.9 Å². The fourth-order valence-electron chi connectivity index (χ4n) is 2.73. The van der Waals surface area contributed by atoms with Crippen LogP contribution in [0.1, 0.15) is 50.9 Å². The Morgan fingerprint density at radius 2 is 1.86 bits per heavy atom. The molecule has 1 aromatic rings. The molecule has 0 aromatic heterocycles. The highest BCUT2D eigenvalue weighted by Crippen LogP contribution is 2.39. The van der Waals surface area contributed by atoms with Crippen LogP contribution in [0.2, 0.25) is 10.0 Å². The van der Waals surface area contributed by atoms with Gasteiger partial charge in [0.15, 0.2) is 5.78 Å². The SMILES string of the molecule is CCOC=C(C(=O)c1ccc(Cl)c(Cl)c1N(CC)C(=O)OC(C)C)C(=O)C1CC1. The van der Waals surface area contributed by atoms with Crippen LogP contribution in [0.4, 0.5) is 10.5 Å². The predicted octanol–water partition coefficient (Wildman–Crippen LogP) is 5.45. The van der Waals surface area contributed by atoms with Gasteiger partial charge < -0.3 is 9.47 Å². The molecule has 0 atom stereocenters. The normalized spacial score (nSPS) is 14.0. The van der Waals surface area contributed by atoms with Crippen molar-refractivity contribution in [3.63, 3.8) is 0 Å². The Balaban J connectivity index is 2.56. The van der Waals surface area contributed by atoms with Gasteiger partial charge in [-0.2, -0.15) is 0 Å². The van der Waals surface area contributed by atoms with Crippen LogP contribution in [-0.2, 0) is 14.3 Å². The summed E-state index contributed by atoms with van der Waals surface area (Å²) in [6.45, 7) is 7.41. The monoisotopic (exact) mass is 441 g/mol. The third-order valence-corrected chi connectivity index (χ3v) is 5.08. The molecule has 0 saturated heterocycles. The van der Waals surface area contributed by atoms with Gasteiger partial charge in [0.2, 0.25) is 5.78 Å². The van der Waals surface area contributed by atoms with Gasteiger partial charge in [0.05, 0.1) is 34.7 Å². The molecule has 6 nitrogen and oxygen atoms in total. The summed E-state index contributed by atoms with van der Waals surface area (Å²) in [5.74, 6) is -1.02. The molecule has 1 aliphatic carbocycles. The molecule has 1 amide bonds. The Morgan fingerprint density at radius 3 is 2.38 bits per heavy atom. The molecule has 0 spiro atoms. The lowest BCUT2D eigenvalue weighted by Crippen LogP contribution is -2.34. The number of carbonyl (C=O) groups is 3. The van der Waals surface area contributed by atoms with Gasteiger partial charge >= 0.3 is 6.09 Å². The minimum Gasteiger partial charge on any atom is -0.501 e. The van der Waals surface area contributed by atoms with Crippen LogP contribution in [0.15, 0.2) is 24.0 Å². The van der Waals surface area contributed by atoms with E-state index in [-0.39, 0.29) is 51.2 Å². The van der Waals surface area contributed by atoms with Gasteiger partial charge in [-0.05, 0) is 52.7 Å². The second-order valence-electron chi connectivity index (χ2n) is 6.89. The summed E-state index contributed by atoms with van der Waals surface area (Å²) in [6.07, 6.45) is 1.65. The van der Waals surface area contributed by atoms with E-state index in [1.807, 2.05) is 0 Å². The summed E-state index contributed by atoms with van der Waals surface area (Å²) in [6, 6.07) is 2.92. The zero-order chi connectivity index (χ0) is 21.7. The van der Waals surface area contributed by atoms with Crippen molar-refractivity contribution in [3.8, 4) is 0 Å². The first kappa shape index (κ1) is 23.2. The molecule has 1 saturated carbocycles. The van der Waals surface area contributed by atoms with Crippen LogP contribution >= 0.6 is 23.2 Å². The summed E-state index contributed by atoms with van der Waals surface area (Å²) in [4.78, 5) is 39.8. The van der Waals surface area contributed by atoms with Crippen LogP contribution in [-0.4, -0.2) is 36.9 Å². The molecule has 0 aliphatic heterocycles. The maximum absolute atomic E-state index is 13.3. The van der Waals surface area contributed by atoms with Crippen molar-refractivity contribution >= 4 is 46.5 Å². The Bertz CT molecular complexity index is 831. The fourth-order valence-corrected chi connectivity index (χ4v) is 3.15. The van der Waals surface area contributed by atoms with E-state index in [1.54, 1.807) is 27.7 Å². The van der Waals surface area contributed by atoms with E-state index < -0.39 is 11.9 Å². The van der Waals surface area contributed by atoms with Crippen molar-refractivity contribution in [2.24, 2.45) is 5.92 Å². The average Bonchev–Trinajstić information content (AvgIpc) is 3.50. The third-order valence-electron chi connectivity index (χ3n) is 4.28. The Hall–Kier alpha value is -2.05. The number of halogens is 2. The number of rotatable bonds is 9. The lowest BCUT2D eigenvalue weighted by atomic mass is 9.97. The number of benzene rings is 1. The summed E-state index contributed by atoms with van der Waals surface area (Å²) in [5, 5.41) is 0.215. The van der Waals surface area contributed by atoms with E-state index in [0.717, 1.165) is 12.8 Å². The fraction of sp³-hybridized carbons (Fsp3) is 0.476. The molecule has 0 heterocycles. The van der Waals surface area contributed by atoms with Crippen LogP contribution < -0.4 is 4.90 Å². The van der Waals surface area contributed by atoms with Gasteiger partial charge in [0, 0.05) is 18.0 Å². The van der Waals surface area contributed by atoms with E-state index in [4.69, 9.17) is 32.7 Å². The van der Waals surface area contributed by atoms with Crippen LogP contribution in [0, 0.1) is 5.92 Å². The summed E-state index contributed by atoms with van der Waals surface area (Å²) in [5.41, 5.74) is 0.132. The van der Waals surface area contributed by atoms with E-state index in [2.05, 4.69) is 0 Å². The molecule has 0 N–H and O–H groups in total. The van der Waals surface area contributed by atoms with Gasteiger partial charge in [-0.1, -0.05) is 23.2 Å². The maximum atomic E-state index is 13.3. The Kier molecular flexibility index (Phi) is 8.11. The number of hydrogen-bond acceptors (Lipinski definition) is 5. The van der Waals surface area contributed by atoms with Gasteiger partial charge in [0.1, 0.15) is 5.57 Å². The summed E-state index contributed by atoms with van der Waals surface area (Å²) >= 11 is 12.6.